The van der Waals surface area contributed by atoms with Crippen LogP contribution in [0, 0.1) is 0 Å². The molecule has 2 atom stereocenters. The van der Waals surface area contributed by atoms with Crippen LogP contribution in [-0.4, -0.2) is 110 Å². The third-order valence-electron chi connectivity index (χ3n) is 8.91. The fourth-order valence-electron chi connectivity index (χ4n) is 6.60. The number of carbonyl (C=O) groups is 1. The van der Waals surface area contributed by atoms with E-state index < -0.39 is 6.10 Å². The Balaban J connectivity index is 1.05. The highest BCUT2D eigenvalue weighted by Gasteiger charge is 2.30. The molecular weight excluding hydrogens is 492 g/mol. The van der Waals surface area contributed by atoms with Crippen LogP contribution in [0.2, 0.25) is 0 Å². The number of carbonyl (C=O) groups excluding carboxylic acids is 1. The first-order valence-corrected chi connectivity index (χ1v) is 14.6. The molecule has 4 aliphatic heterocycles. The van der Waals surface area contributed by atoms with Crippen molar-refractivity contribution in [3.8, 4) is 5.75 Å². The number of hydrogen-bond donors (Lipinski definition) is 1. The Morgan fingerprint density at radius 3 is 2.62 bits per heavy atom. The second-order valence-electron chi connectivity index (χ2n) is 11.6. The number of ether oxygens (including phenoxy) is 2. The van der Waals surface area contributed by atoms with E-state index in [2.05, 4.69) is 39.0 Å². The lowest BCUT2D eigenvalue weighted by molar-refractivity contribution is 0.0521. The fourth-order valence-corrected chi connectivity index (χ4v) is 6.60. The van der Waals surface area contributed by atoms with Gasteiger partial charge in [0.25, 0.3) is 5.91 Å². The highest BCUT2D eigenvalue weighted by Crippen LogP contribution is 2.31. The average molecular weight is 535 g/mol. The lowest BCUT2D eigenvalue weighted by Crippen LogP contribution is -2.44. The molecule has 0 bridgehead atoms. The zero-order valence-electron chi connectivity index (χ0n) is 23.1. The largest absolute Gasteiger partial charge is 0.490 e. The molecule has 39 heavy (non-hydrogen) atoms. The Morgan fingerprint density at radius 1 is 1.00 bits per heavy atom. The average Bonchev–Trinajstić information content (AvgIpc) is 3.47. The molecule has 4 heterocycles. The van der Waals surface area contributed by atoms with Gasteiger partial charge in [0.1, 0.15) is 11.9 Å². The second-order valence-corrected chi connectivity index (χ2v) is 11.6. The first kappa shape index (κ1) is 26.6. The topological polar surface area (TPSA) is 68.7 Å². The minimum absolute atomic E-state index is 0.0176. The first-order valence-electron chi connectivity index (χ1n) is 14.6. The molecule has 8 heteroatoms. The number of anilines is 1. The van der Waals surface area contributed by atoms with Crippen molar-refractivity contribution in [1.29, 1.82) is 0 Å². The fraction of sp³-hybridized carbons (Fsp3) is 0.581. The number of benzene rings is 2. The molecule has 2 aromatic carbocycles. The van der Waals surface area contributed by atoms with Crippen LogP contribution < -0.4 is 9.64 Å². The van der Waals surface area contributed by atoms with Gasteiger partial charge in [0.2, 0.25) is 0 Å². The van der Waals surface area contributed by atoms with E-state index in [1.807, 2.05) is 30.1 Å². The van der Waals surface area contributed by atoms with Gasteiger partial charge < -0.3 is 24.4 Å². The van der Waals surface area contributed by atoms with Crippen LogP contribution in [0.4, 0.5) is 5.69 Å². The maximum atomic E-state index is 13.6. The van der Waals surface area contributed by atoms with E-state index in [0.717, 1.165) is 76.5 Å². The molecule has 4 aliphatic rings. The standard InChI is InChI=1S/C31H42N4O4/c1-32-15-16-35(21-26(36)20-33-12-8-23-4-2-3-5-24(23)19-33)31(37)29-7-6-28(18-30(29)32)39-27-9-13-34(14-10-27)25-11-17-38-22-25/h2-7,18,25-27,36H,8-17,19-22H2,1H3. The molecule has 0 spiro atoms. The van der Waals surface area contributed by atoms with Gasteiger partial charge in [-0.05, 0) is 48.9 Å². The van der Waals surface area contributed by atoms with Gasteiger partial charge in [0.05, 0.1) is 24.0 Å². The Morgan fingerprint density at radius 2 is 1.82 bits per heavy atom. The molecule has 0 saturated carbocycles. The van der Waals surface area contributed by atoms with Crippen molar-refractivity contribution in [1.82, 2.24) is 14.7 Å². The van der Waals surface area contributed by atoms with Crippen LogP contribution >= 0.6 is 0 Å². The minimum Gasteiger partial charge on any atom is -0.490 e. The van der Waals surface area contributed by atoms with Crippen LogP contribution in [0.1, 0.15) is 40.7 Å². The normalized spacial score (nSPS) is 23.8. The Bertz CT molecular complexity index is 1150. The quantitative estimate of drug-likeness (QED) is 0.586. The number of rotatable bonds is 7. The van der Waals surface area contributed by atoms with Crippen molar-refractivity contribution in [3.63, 3.8) is 0 Å². The van der Waals surface area contributed by atoms with Crippen molar-refractivity contribution in [2.75, 3.05) is 71.0 Å². The summed E-state index contributed by atoms with van der Waals surface area (Å²) in [6, 6.07) is 15.0. The Hall–Kier alpha value is -2.65. The summed E-state index contributed by atoms with van der Waals surface area (Å²) in [4.78, 5) is 22.3. The van der Waals surface area contributed by atoms with Crippen LogP contribution in [0.5, 0.6) is 5.75 Å². The van der Waals surface area contributed by atoms with Crippen LogP contribution in [-0.2, 0) is 17.7 Å². The summed E-state index contributed by atoms with van der Waals surface area (Å²) in [5, 5.41) is 11.0. The molecule has 1 amide bonds. The predicted molar refractivity (Wildman–Crippen MR) is 151 cm³/mol. The van der Waals surface area contributed by atoms with Gasteiger partial charge in [-0.25, -0.2) is 0 Å². The van der Waals surface area contributed by atoms with Gasteiger partial charge in [-0.1, -0.05) is 24.3 Å². The van der Waals surface area contributed by atoms with Crippen molar-refractivity contribution in [3.05, 3.63) is 59.2 Å². The molecule has 6 rings (SSSR count). The zero-order chi connectivity index (χ0) is 26.8. The maximum Gasteiger partial charge on any atom is 0.256 e. The van der Waals surface area contributed by atoms with Crippen LogP contribution in [0.25, 0.3) is 0 Å². The number of amides is 1. The Labute approximate surface area is 232 Å². The molecule has 2 fully saturated rings. The molecule has 2 aromatic rings. The van der Waals surface area contributed by atoms with E-state index in [1.165, 1.54) is 11.1 Å². The summed E-state index contributed by atoms with van der Waals surface area (Å²) in [6.07, 6.45) is 3.77. The summed E-state index contributed by atoms with van der Waals surface area (Å²) >= 11 is 0. The smallest absolute Gasteiger partial charge is 0.256 e. The molecule has 0 radical (unpaired) electrons. The number of nitrogens with zero attached hydrogens (tertiary/aromatic N) is 4. The van der Waals surface area contributed by atoms with Crippen LogP contribution in [0.3, 0.4) is 0 Å². The van der Waals surface area contributed by atoms with E-state index in [1.54, 1.807) is 0 Å². The van der Waals surface area contributed by atoms with E-state index in [4.69, 9.17) is 9.47 Å². The first-order chi connectivity index (χ1) is 19.0. The van der Waals surface area contributed by atoms with E-state index >= 15 is 0 Å². The van der Waals surface area contributed by atoms with Crippen molar-refractivity contribution in [2.24, 2.45) is 0 Å². The van der Waals surface area contributed by atoms with Gasteiger partial charge in [-0.3, -0.25) is 14.6 Å². The van der Waals surface area contributed by atoms with Gasteiger partial charge in [-0.15, -0.1) is 0 Å². The monoisotopic (exact) mass is 534 g/mol. The van der Waals surface area contributed by atoms with Gasteiger partial charge in [-0.2, -0.15) is 0 Å². The van der Waals surface area contributed by atoms with E-state index in [-0.39, 0.29) is 12.0 Å². The minimum atomic E-state index is -0.588. The van der Waals surface area contributed by atoms with E-state index in [9.17, 15) is 9.90 Å². The highest BCUT2D eigenvalue weighted by molar-refractivity contribution is 6.00. The summed E-state index contributed by atoms with van der Waals surface area (Å²) in [7, 11) is 2.03. The molecule has 1 N–H and O–H groups in total. The maximum absolute atomic E-state index is 13.6. The molecule has 210 valence electrons. The van der Waals surface area contributed by atoms with Crippen LogP contribution in [0.15, 0.2) is 42.5 Å². The summed E-state index contributed by atoms with van der Waals surface area (Å²) in [5.74, 6) is 0.811. The van der Waals surface area contributed by atoms with Crippen molar-refractivity contribution >= 4 is 11.6 Å². The number of aliphatic hydroxyl groups excluding tert-OH is 1. The molecular formula is C31H42N4O4. The lowest BCUT2D eigenvalue weighted by Gasteiger charge is -2.35. The number of hydrogen-bond acceptors (Lipinski definition) is 7. The molecule has 0 aliphatic carbocycles. The molecule has 8 nitrogen and oxygen atoms in total. The summed E-state index contributed by atoms with van der Waals surface area (Å²) in [5.41, 5.74) is 4.32. The Kier molecular flexibility index (Phi) is 8.07. The lowest BCUT2D eigenvalue weighted by atomic mass is 10.00. The number of likely N-dealkylation sites (tertiary alicyclic amines) is 1. The SMILES string of the molecule is CN1CCN(CC(O)CN2CCc3ccccc3C2)C(=O)c2ccc(OC3CCN(C4CCOC4)CC3)cc21. The summed E-state index contributed by atoms with van der Waals surface area (Å²) < 4.78 is 12.0. The van der Waals surface area contributed by atoms with Gasteiger partial charge in [0.15, 0.2) is 0 Å². The number of fused-ring (bicyclic) bond motifs is 2. The van der Waals surface area contributed by atoms with Crippen molar-refractivity contribution < 1.29 is 19.4 Å². The predicted octanol–water partition coefficient (Wildman–Crippen LogP) is 2.63. The number of β-amino-alcohol motifs (C(OH)–C–C–N with tert-alkyl or cyclic N) is 1. The highest BCUT2D eigenvalue weighted by atomic mass is 16.5. The third kappa shape index (κ3) is 6.09. The third-order valence-corrected chi connectivity index (χ3v) is 8.91. The molecule has 2 saturated heterocycles. The molecule has 2 unspecified atom stereocenters. The number of likely N-dealkylation sites (N-methyl/N-ethyl adjacent to an activating group) is 1. The number of piperidine rings is 1. The summed E-state index contributed by atoms with van der Waals surface area (Å²) in [6.45, 7) is 7.83. The van der Waals surface area contributed by atoms with Gasteiger partial charge in [0, 0.05) is 78.1 Å². The second kappa shape index (κ2) is 11.8. The zero-order valence-corrected chi connectivity index (χ0v) is 23.1. The molecule has 0 aromatic heterocycles. The van der Waals surface area contributed by atoms with Gasteiger partial charge >= 0.3 is 0 Å². The number of aliphatic hydroxyl groups is 1. The van der Waals surface area contributed by atoms with Crippen molar-refractivity contribution in [2.45, 2.75) is 50.5 Å². The van der Waals surface area contributed by atoms with E-state index in [0.29, 0.717) is 37.8 Å².